The van der Waals surface area contributed by atoms with E-state index in [9.17, 15) is 9.59 Å². The van der Waals surface area contributed by atoms with Gasteiger partial charge in [-0.25, -0.2) is 0 Å². The number of amides is 1. The molecule has 1 aromatic rings. The lowest BCUT2D eigenvalue weighted by atomic mass is 9.97. The Kier molecular flexibility index (Phi) is 3.25. The van der Waals surface area contributed by atoms with Crippen molar-refractivity contribution in [3.05, 3.63) is 34.4 Å². The van der Waals surface area contributed by atoms with E-state index in [-0.39, 0.29) is 23.8 Å². The zero-order chi connectivity index (χ0) is 14.4. The van der Waals surface area contributed by atoms with E-state index in [2.05, 4.69) is 0 Å². The molecule has 1 saturated heterocycles. The fraction of sp³-hybridized carbons (Fsp3) is 0.500. The van der Waals surface area contributed by atoms with Gasteiger partial charge in [0.1, 0.15) is 0 Å². The van der Waals surface area contributed by atoms with Gasteiger partial charge in [-0.05, 0) is 57.4 Å². The number of aryl methyl sites for hydroxylation is 3. The van der Waals surface area contributed by atoms with Crippen molar-refractivity contribution in [2.24, 2.45) is 0 Å². The SMILES string of the molecule is Cc1cc(C)c(C(=O)N2CC(=O)CC2(C)C)cc1C. The summed E-state index contributed by atoms with van der Waals surface area (Å²) in [5, 5.41) is 0. The first-order valence-corrected chi connectivity index (χ1v) is 6.64. The van der Waals surface area contributed by atoms with Crippen LogP contribution in [0.1, 0.15) is 47.3 Å². The predicted octanol–water partition coefficient (Wildman–Crippen LogP) is 2.81. The molecule has 1 aliphatic heterocycles. The first-order chi connectivity index (χ1) is 8.72. The number of nitrogens with zero attached hydrogens (tertiary/aromatic N) is 1. The van der Waals surface area contributed by atoms with E-state index in [0.29, 0.717) is 12.0 Å². The summed E-state index contributed by atoms with van der Waals surface area (Å²) in [5.74, 6) is 0.108. The normalized spacial score (nSPS) is 17.9. The van der Waals surface area contributed by atoms with Gasteiger partial charge in [0.2, 0.25) is 0 Å². The van der Waals surface area contributed by atoms with Gasteiger partial charge in [0.15, 0.2) is 5.78 Å². The Bertz CT molecular complexity index is 558. The molecule has 0 unspecified atom stereocenters. The average molecular weight is 259 g/mol. The van der Waals surface area contributed by atoms with Crippen molar-refractivity contribution < 1.29 is 9.59 Å². The number of benzene rings is 1. The minimum absolute atomic E-state index is 0.0311. The maximum absolute atomic E-state index is 12.7. The van der Waals surface area contributed by atoms with Crippen LogP contribution in [0.4, 0.5) is 0 Å². The van der Waals surface area contributed by atoms with Crippen molar-refractivity contribution >= 4 is 11.7 Å². The number of rotatable bonds is 1. The van der Waals surface area contributed by atoms with Crippen LogP contribution in [0.5, 0.6) is 0 Å². The molecule has 0 radical (unpaired) electrons. The Hall–Kier alpha value is -1.64. The number of likely N-dealkylation sites (tertiary alicyclic amines) is 1. The van der Waals surface area contributed by atoms with E-state index in [0.717, 1.165) is 11.1 Å². The molecule has 2 rings (SSSR count). The third-order valence-electron chi connectivity index (χ3n) is 4.01. The van der Waals surface area contributed by atoms with Gasteiger partial charge in [-0.15, -0.1) is 0 Å². The number of carbonyl (C=O) groups excluding carboxylic acids is 2. The van der Waals surface area contributed by atoms with Gasteiger partial charge >= 0.3 is 0 Å². The fourth-order valence-corrected chi connectivity index (χ4v) is 2.71. The lowest BCUT2D eigenvalue weighted by Gasteiger charge is -2.31. The van der Waals surface area contributed by atoms with Gasteiger partial charge in [0.05, 0.1) is 6.54 Å². The predicted molar refractivity (Wildman–Crippen MR) is 75.4 cm³/mol. The number of hydrogen-bond donors (Lipinski definition) is 0. The average Bonchev–Trinajstić information content (AvgIpc) is 2.56. The van der Waals surface area contributed by atoms with Gasteiger partial charge in [-0.3, -0.25) is 9.59 Å². The van der Waals surface area contributed by atoms with Crippen LogP contribution in [0.3, 0.4) is 0 Å². The molecule has 3 nitrogen and oxygen atoms in total. The van der Waals surface area contributed by atoms with Crippen LogP contribution in [0.15, 0.2) is 12.1 Å². The third kappa shape index (κ3) is 2.42. The summed E-state index contributed by atoms with van der Waals surface area (Å²) >= 11 is 0. The van der Waals surface area contributed by atoms with Crippen LogP contribution >= 0.6 is 0 Å². The zero-order valence-corrected chi connectivity index (χ0v) is 12.3. The van der Waals surface area contributed by atoms with Gasteiger partial charge in [-0.2, -0.15) is 0 Å². The molecule has 0 aliphatic carbocycles. The molecule has 19 heavy (non-hydrogen) atoms. The molecule has 1 amide bonds. The molecule has 1 fully saturated rings. The maximum atomic E-state index is 12.7. The Balaban J connectivity index is 2.40. The molecule has 0 saturated carbocycles. The summed E-state index contributed by atoms with van der Waals surface area (Å²) in [7, 11) is 0. The highest BCUT2D eigenvalue weighted by Crippen LogP contribution is 2.29. The van der Waals surface area contributed by atoms with Crippen LogP contribution in [-0.2, 0) is 4.79 Å². The first kappa shape index (κ1) is 13.8. The van der Waals surface area contributed by atoms with Gasteiger partial charge < -0.3 is 4.90 Å². The summed E-state index contributed by atoms with van der Waals surface area (Å²) in [4.78, 5) is 26.0. The summed E-state index contributed by atoms with van der Waals surface area (Å²) in [6.45, 7) is 10.1. The second kappa shape index (κ2) is 4.48. The van der Waals surface area contributed by atoms with Gasteiger partial charge in [-0.1, -0.05) is 6.07 Å². The van der Waals surface area contributed by atoms with Crippen molar-refractivity contribution in [2.45, 2.75) is 46.6 Å². The lowest BCUT2D eigenvalue weighted by molar-refractivity contribution is -0.116. The molecule has 1 aliphatic rings. The summed E-state index contributed by atoms with van der Waals surface area (Å²) in [5.41, 5.74) is 3.61. The van der Waals surface area contributed by atoms with Crippen LogP contribution in [0.2, 0.25) is 0 Å². The highest BCUT2D eigenvalue weighted by Gasteiger charge is 2.40. The molecular formula is C16H21NO2. The second-order valence-corrected chi connectivity index (χ2v) is 6.17. The van der Waals surface area contributed by atoms with E-state index in [1.165, 1.54) is 5.56 Å². The van der Waals surface area contributed by atoms with E-state index in [1.54, 1.807) is 4.90 Å². The molecule has 1 aromatic carbocycles. The quantitative estimate of drug-likeness (QED) is 0.777. The van der Waals surface area contributed by atoms with Crippen molar-refractivity contribution in [1.29, 1.82) is 0 Å². The van der Waals surface area contributed by atoms with E-state index in [4.69, 9.17) is 0 Å². The van der Waals surface area contributed by atoms with Gasteiger partial charge in [0.25, 0.3) is 5.91 Å². The number of Topliss-reactive ketones (excluding diaryl/α,β-unsaturated/α-hetero) is 1. The molecule has 0 bridgehead atoms. The van der Waals surface area contributed by atoms with E-state index in [1.807, 2.05) is 46.8 Å². The Morgan fingerprint density at radius 3 is 2.21 bits per heavy atom. The van der Waals surface area contributed by atoms with Crippen LogP contribution in [0.25, 0.3) is 0 Å². The van der Waals surface area contributed by atoms with Crippen LogP contribution in [-0.4, -0.2) is 28.7 Å². The minimum Gasteiger partial charge on any atom is -0.326 e. The summed E-state index contributed by atoms with van der Waals surface area (Å²) in [6, 6.07) is 3.97. The molecule has 3 heteroatoms. The van der Waals surface area contributed by atoms with Crippen molar-refractivity contribution in [1.82, 2.24) is 4.90 Å². The lowest BCUT2D eigenvalue weighted by Crippen LogP contribution is -2.43. The van der Waals surface area contributed by atoms with E-state index < -0.39 is 0 Å². The summed E-state index contributed by atoms with van der Waals surface area (Å²) in [6.07, 6.45) is 0.447. The van der Waals surface area contributed by atoms with Crippen LogP contribution < -0.4 is 0 Å². The van der Waals surface area contributed by atoms with E-state index >= 15 is 0 Å². The molecule has 1 heterocycles. The number of carbonyl (C=O) groups is 2. The topological polar surface area (TPSA) is 37.4 Å². The molecular weight excluding hydrogens is 238 g/mol. The monoisotopic (exact) mass is 259 g/mol. The molecule has 0 aromatic heterocycles. The first-order valence-electron chi connectivity index (χ1n) is 6.64. The summed E-state index contributed by atoms with van der Waals surface area (Å²) < 4.78 is 0. The fourth-order valence-electron chi connectivity index (χ4n) is 2.71. The Morgan fingerprint density at radius 2 is 1.68 bits per heavy atom. The van der Waals surface area contributed by atoms with Gasteiger partial charge in [0, 0.05) is 17.5 Å². The van der Waals surface area contributed by atoms with Crippen molar-refractivity contribution in [3.63, 3.8) is 0 Å². The molecule has 102 valence electrons. The largest absolute Gasteiger partial charge is 0.326 e. The molecule has 0 N–H and O–H groups in total. The molecule has 0 atom stereocenters. The maximum Gasteiger partial charge on any atom is 0.254 e. The highest BCUT2D eigenvalue weighted by atomic mass is 16.2. The number of ketones is 1. The van der Waals surface area contributed by atoms with Crippen LogP contribution in [0, 0.1) is 20.8 Å². The highest BCUT2D eigenvalue weighted by molar-refractivity contribution is 6.00. The minimum atomic E-state index is -0.376. The second-order valence-electron chi connectivity index (χ2n) is 6.17. The Labute approximate surface area is 114 Å². The van der Waals surface area contributed by atoms with Crippen molar-refractivity contribution in [3.8, 4) is 0 Å². The smallest absolute Gasteiger partial charge is 0.254 e. The Morgan fingerprint density at radius 1 is 1.11 bits per heavy atom. The molecule has 0 spiro atoms. The zero-order valence-electron chi connectivity index (χ0n) is 12.3. The number of hydrogen-bond acceptors (Lipinski definition) is 2. The standard InChI is InChI=1S/C16H21NO2/c1-10-6-12(3)14(7-11(10)2)15(19)17-9-13(18)8-16(17,4)5/h6-7H,8-9H2,1-5H3. The third-order valence-corrected chi connectivity index (χ3v) is 4.01. The van der Waals surface area contributed by atoms with Crippen molar-refractivity contribution in [2.75, 3.05) is 6.54 Å².